The Bertz CT molecular complexity index is 460. The topological polar surface area (TPSA) is 43.4 Å². The van der Waals surface area contributed by atoms with Crippen molar-refractivity contribution in [3.8, 4) is 0 Å². The number of carbonyl (C=O) groups excluding carboxylic acids is 2. The number of ketones is 1. The van der Waals surface area contributed by atoms with E-state index in [9.17, 15) is 22.8 Å². The quantitative estimate of drug-likeness (QED) is 0.574. The van der Waals surface area contributed by atoms with E-state index < -0.39 is 23.8 Å². The molecular weight excluding hydrogens is 249 g/mol. The van der Waals surface area contributed by atoms with Gasteiger partial charge in [0.05, 0.1) is 5.56 Å². The third kappa shape index (κ3) is 2.69. The molecule has 0 aliphatic carbocycles. The lowest BCUT2D eigenvalue weighted by Crippen LogP contribution is -2.24. The van der Waals surface area contributed by atoms with Crippen molar-refractivity contribution in [3.63, 3.8) is 0 Å². The second-order valence-corrected chi connectivity index (χ2v) is 4.02. The van der Waals surface area contributed by atoms with Crippen LogP contribution in [0.25, 0.3) is 0 Å². The molecule has 0 saturated carbocycles. The lowest BCUT2D eigenvalue weighted by atomic mass is 9.99. The average molecular weight is 258 g/mol. The Morgan fingerprint density at radius 1 is 1.11 bits per heavy atom. The van der Waals surface area contributed by atoms with Gasteiger partial charge < -0.3 is 4.74 Å². The van der Waals surface area contributed by atoms with Gasteiger partial charge in [0, 0.05) is 6.42 Å². The van der Waals surface area contributed by atoms with E-state index in [1.807, 2.05) is 0 Å². The van der Waals surface area contributed by atoms with Crippen LogP contribution in [0.2, 0.25) is 0 Å². The van der Waals surface area contributed by atoms with E-state index in [1.165, 1.54) is 12.1 Å². The van der Waals surface area contributed by atoms with Gasteiger partial charge in [0.25, 0.3) is 0 Å². The summed E-state index contributed by atoms with van der Waals surface area (Å²) in [5, 5.41) is 0. The van der Waals surface area contributed by atoms with Gasteiger partial charge >= 0.3 is 12.1 Å². The molecule has 0 amide bonds. The summed E-state index contributed by atoms with van der Waals surface area (Å²) in [6.07, 6.45) is -5.44. The number of Topliss-reactive ketones (excluding diaryl/α,β-unsaturated/α-hetero) is 1. The van der Waals surface area contributed by atoms with Crippen LogP contribution in [-0.2, 0) is 20.5 Å². The number of esters is 1. The lowest BCUT2D eigenvalue weighted by Gasteiger charge is -2.22. The standard InChI is InChI=1S/C12H9F3O3/c13-12(14,15)8-3-1-7(2-4-8)10-5-9(16)6-11(17)18-10/h1-4,10H,5-6H2. The Balaban J connectivity index is 2.19. The summed E-state index contributed by atoms with van der Waals surface area (Å²) in [5.74, 6) is -0.910. The first kappa shape index (κ1) is 12.6. The van der Waals surface area contributed by atoms with Gasteiger partial charge in [-0.15, -0.1) is 0 Å². The number of cyclic esters (lactones) is 1. The van der Waals surface area contributed by atoms with Crippen LogP contribution in [0.15, 0.2) is 24.3 Å². The van der Waals surface area contributed by atoms with Gasteiger partial charge in [-0.05, 0) is 17.7 Å². The summed E-state index contributed by atoms with van der Waals surface area (Å²) in [5.41, 5.74) is -0.385. The molecule has 6 heteroatoms. The molecule has 18 heavy (non-hydrogen) atoms. The van der Waals surface area contributed by atoms with Gasteiger partial charge in [0.1, 0.15) is 18.3 Å². The van der Waals surface area contributed by atoms with Crippen molar-refractivity contribution in [2.75, 3.05) is 0 Å². The van der Waals surface area contributed by atoms with Gasteiger partial charge in [-0.3, -0.25) is 9.59 Å². The normalized spacial score (nSPS) is 20.7. The minimum absolute atomic E-state index is 0.0110. The molecule has 1 aliphatic heterocycles. The first-order valence-electron chi connectivity index (χ1n) is 5.24. The summed E-state index contributed by atoms with van der Waals surface area (Å²) in [6.45, 7) is 0. The second kappa shape index (κ2) is 4.44. The predicted octanol–water partition coefficient (Wildman–Crippen LogP) is 2.65. The average Bonchev–Trinajstić information content (AvgIpc) is 2.27. The molecule has 0 radical (unpaired) electrons. The molecular formula is C12H9F3O3. The molecule has 0 spiro atoms. The number of hydrogen-bond acceptors (Lipinski definition) is 3. The second-order valence-electron chi connectivity index (χ2n) is 4.02. The van der Waals surface area contributed by atoms with Crippen LogP contribution < -0.4 is 0 Å². The number of hydrogen-bond donors (Lipinski definition) is 0. The first-order valence-corrected chi connectivity index (χ1v) is 5.24. The molecule has 1 atom stereocenters. The predicted molar refractivity (Wildman–Crippen MR) is 54.5 cm³/mol. The molecule has 3 nitrogen and oxygen atoms in total. The van der Waals surface area contributed by atoms with Crippen molar-refractivity contribution in [1.29, 1.82) is 0 Å². The van der Waals surface area contributed by atoms with Crippen LogP contribution in [0.1, 0.15) is 30.1 Å². The molecule has 96 valence electrons. The van der Waals surface area contributed by atoms with Crippen molar-refractivity contribution >= 4 is 11.8 Å². The molecule has 1 aromatic carbocycles. The van der Waals surface area contributed by atoms with Gasteiger partial charge in [0.15, 0.2) is 0 Å². The Morgan fingerprint density at radius 3 is 2.22 bits per heavy atom. The van der Waals surface area contributed by atoms with Crippen LogP contribution in [0.3, 0.4) is 0 Å². The fourth-order valence-corrected chi connectivity index (χ4v) is 1.75. The van der Waals surface area contributed by atoms with E-state index in [0.29, 0.717) is 5.56 Å². The van der Waals surface area contributed by atoms with Gasteiger partial charge in [-0.2, -0.15) is 13.2 Å². The summed E-state index contributed by atoms with van der Waals surface area (Å²) >= 11 is 0. The molecule has 0 aromatic heterocycles. The zero-order chi connectivity index (χ0) is 13.3. The number of rotatable bonds is 1. The van der Waals surface area contributed by atoms with E-state index in [2.05, 4.69) is 0 Å². The van der Waals surface area contributed by atoms with Crippen LogP contribution >= 0.6 is 0 Å². The summed E-state index contributed by atoms with van der Waals surface area (Å²) in [4.78, 5) is 22.3. The summed E-state index contributed by atoms with van der Waals surface area (Å²) in [7, 11) is 0. The third-order valence-electron chi connectivity index (χ3n) is 2.64. The summed E-state index contributed by atoms with van der Waals surface area (Å²) in [6, 6.07) is 4.25. The van der Waals surface area contributed by atoms with Crippen LogP contribution in [0.5, 0.6) is 0 Å². The highest BCUT2D eigenvalue weighted by atomic mass is 19.4. The largest absolute Gasteiger partial charge is 0.457 e. The molecule has 0 N–H and O–H groups in total. The fraction of sp³-hybridized carbons (Fsp3) is 0.333. The highest BCUT2D eigenvalue weighted by Gasteiger charge is 2.32. The molecule has 2 rings (SSSR count). The highest BCUT2D eigenvalue weighted by Crippen LogP contribution is 2.32. The van der Waals surface area contributed by atoms with Gasteiger partial charge in [0.2, 0.25) is 0 Å². The lowest BCUT2D eigenvalue weighted by molar-refractivity contribution is -0.158. The van der Waals surface area contributed by atoms with E-state index >= 15 is 0 Å². The van der Waals surface area contributed by atoms with Gasteiger partial charge in [-0.1, -0.05) is 12.1 Å². The molecule has 0 bridgehead atoms. The van der Waals surface area contributed by atoms with E-state index in [1.54, 1.807) is 0 Å². The monoisotopic (exact) mass is 258 g/mol. The number of benzene rings is 1. The Morgan fingerprint density at radius 2 is 1.72 bits per heavy atom. The van der Waals surface area contributed by atoms with Crippen LogP contribution in [-0.4, -0.2) is 11.8 Å². The van der Waals surface area contributed by atoms with Crippen molar-refractivity contribution in [3.05, 3.63) is 35.4 Å². The van der Waals surface area contributed by atoms with Crippen LogP contribution in [0.4, 0.5) is 13.2 Å². The minimum atomic E-state index is -4.41. The number of ether oxygens (including phenoxy) is 1. The van der Waals surface area contributed by atoms with Crippen molar-refractivity contribution in [2.24, 2.45) is 0 Å². The molecule has 1 unspecified atom stereocenters. The van der Waals surface area contributed by atoms with E-state index in [-0.39, 0.29) is 18.6 Å². The molecule has 1 saturated heterocycles. The Hall–Kier alpha value is -1.85. The SMILES string of the molecule is O=C1CC(=O)OC(c2ccc(C(F)(F)F)cc2)C1. The fourth-order valence-electron chi connectivity index (χ4n) is 1.75. The Kier molecular flexibility index (Phi) is 3.11. The zero-order valence-corrected chi connectivity index (χ0v) is 9.16. The van der Waals surface area contributed by atoms with Crippen molar-refractivity contribution < 1.29 is 27.5 Å². The maximum atomic E-state index is 12.3. The smallest absolute Gasteiger partial charge is 0.416 e. The minimum Gasteiger partial charge on any atom is -0.457 e. The van der Waals surface area contributed by atoms with E-state index in [4.69, 9.17) is 4.74 Å². The number of carbonyl (C=O) groups is 2. The third-order valence-corrected chi connectivity index (χ3v) is 2.64. The maximum absolute atomic E-state index is 12.3. The molecule has 1 aromatic rings. The molecule has 1 aliphatic rings. The number of halogens is 3. The highest BCUT2D eigenvalue weighted by molar-refractivity contribution is 5.97. The van der Waals surface area contributed by atoms with Gasteiger partial charge in [-0.25, -0.2) is 0 Å². The summed E-state index contributed by atoms with van der Waals surface area (Å²) < 4.78 is 42.0. The van der Waals surface area contributed by atoms with E-state index in [0.717, 1.165) is 12.1 Å². The number of alkyl halides is 3. The molecule has 1 fully saturated rings. The Labute approximate surface area is 101 Å². The van der Waals surface area contributed by atoms with Crippen molar-refractivity contribution in [1.82, 2.24) is 0 Å². The first-order chi connectivity index (χ1) is 8.36. The molecule has 1 heterocycles. The van der Waals surface area contributed by atoms with Crippen LogP contribution in [0, 0.1) is 0 Å². The maximum Gasteiger partial charge on any atom is 0.416 e. The zero-order valence-electron chi connectivity index (χ0n) is 9.16. The van der Waals surface area contributed by atoms with Crippen molar-refractivity contribution in [2.45, 2.75) is 25.1 Å².